The molecule has 1 N–H and O–H groups in total. The van der Waals surface area contributed by atoms with Gasteiger partial charge in [0.1, 0.15) is 5.82 Å². The first-order valence-electron chi connectivity index (χ1n) is 6.30. The van der Waals surface area contributed by atoms with Gasteiger partial charge in [-0.2, -0.15) is 0 Å². The molecule has 2 saturated heterocycles. The summed E-state index contributed by atoms with van der Waals surface area (Å²) in [6.45, 7) is 0. The summed E-state index contributed by atoms with van der Waals surface area (Å²) in [5, 5.41) is 3.66. The Morgan fingerprint density at radius 1 is 1.06 bits per heavy atom. The number of nitrogens with one attached hydrogen (secondary N) is 1. The maximum Gasteiger partial charge on any atom is 0.123 e. The molecule has 3 atom stereocenters. The van der Waals surface area contributed by atoms with Gasteiger partial charge in [0.2, 0.25) is 0 Å². The van der Waals surface area contributed by atoms with E-state index in [9.17, 15) is 4.39 Å². The van der Waals surface area contributed by atoms with Crippen LogP contribution in [0.3, 0.4) is 0 Å². The number of piperidine rings is 1. The maximum absolute atomic E-state index is 12.8. The van der Waals surface area contributed by atoms with Crippen molar-refractivity contribution in [2.24, 2.45) is 5.92 Å². The molecule has 1 aromatic rings. The van der Waals surface area contributed by atoms with Crippen molar-refractivity contribution < 1.29 is 4.39 Å². The molecule has 0 aliphatic carbocycles. The summed E-state index contributed by atoms with van der Waals surface area (Å²) in [7, 11) is 0. The normalized spacial score (nSPS) is 31.0. The molecular formula is C14H19ClFN. The molecule has 2 aliphatic heterocycles. The minimum atomic E-state index is -0.130. The average Bonchev–Trinajstić information content (AvgIpc) is 2.62. The lowest BCUT2D eigenvalue weighted by atomic mass is 9.87. The summed E-state index contributed by atoms with van der Waals surface area (Å²) in [5.41, 5.74) is 1.28. The molecule has 0 spiro atoms. The first-order valence-corrected chi connectivity index (χ1v) is 6.30. The first kappa shape index (κ1) is 12.8. The number of halogens is 2. The summed E-state index contributed by atoms with van der Waals surface area (Å²) >= 11 is 0. The van der Waals surface area contributed by atoms with E-state index in [1.807, 2.05) is 12.1 Å². The summed E-state index contributed by atoms with van der Waals surface area (Å²) in [5.74, 6) is 0.665. The summed E-state index contributed by atoms with van der Waals surface area (Å²) in [6.07, 6.45) is 6.42. The van der Waals surface area contributed by atoms with Crippen molar-refractivity contribution in [1.29, 1.82) is 0 Å². The third kappa shape index (κ3) is 2.99. The fraction of sp³-hybridized carbons (Fsp3) is 0.571. The van der Waals surface area contributed by atoms with Gasteiger partial charge in [0.25, 0.3) is 0 Å². The van der Waals surface area contributed by atoms with Crippen LogP contribution < -0.4 is 5.32 Å². The molecular weight excluding hydrogens is 237 g/mol. The highest BCUT2D eigenvalue weighted by atomic mass is 35.5. The standard InChI is InChI=1S/C14H18FN.ClH/c15-12-3-1-10(2-4-12)7-11-8-13-5-6-14(9-11)16-13;/h1-4,11,13-14,16H,5-9H2;1H/t11-,13-,14+;. The first-order chi connectivity index (χ1) is 7.79. The van der Waals surface area contributed by atoms with Crippen molar-refractivity contribution in [2.45, 2.75) is 44.2 Å². The van der Waals surface area contributed by atoms with E-state index in [2.05, 4.69) is 5.32 Å². The Morgan fingerprint density at radius 3 is 2.24 bits per heavy atom. The minimum absolute atomic E-state index is 0. The van der Waals surface area contributed by atoms with Gasteiger partial charge in [0, 0.05) is 12.1 Å². The van der Waals surface area contributed by atoms with Gasteiger partial charge in [-0.1, -0.05) is 12.1 Å². The van der Waals surface area contributed by atoms with Crippen LogP contribution in [0.25, 0.3) is 0 Å². The van der Waals surface area contributed by atoms with E-state index in [1.165, 1.54) is 31.2 Å². The van der Waals surface area contributed by atoms with Gasteiger partial charge in [0.15, 0.2) is 0 Å². The number of benzene rings is 1. The van der Waals surface area contributed by atoms with Gasteiger partial charge in [-0.25, -0.2) is 4.39 Å². The van der Waals surface area contributed by atoms with Crippen LogP contribution in [0.1, 0.15) is 31.2 Å². The van der Waals surface area contributed by atoms with Gasteiger partial charge >= 0.3 is 0 Å². The molecule has 3 rings (SSSR count). The number of rotatable bonds is 2. The maximum atomic E-state index is 12.8. The molecule has 1 nitrogen and oxygen atoms in total. The summed E-state index contributed by atoms with van der Waals surface area (Å²) < 4.78 is 12.8. The van der Waals surface area contributed by atoms with E-state index in [4.69, 9.17) is 0 Å². The highest BCUT2D eigenvalue weighted by Gasteiger charge is 2.33. The quantitative estimate of drug-likeness (QED) is 0.855. The molecule has 0 aromatic heterocycles. The fourth-order valence-corrected chi connectivity index (χ4v) is 3.30. The number of hydrogen-bond donors (Lipinski definition) is 1. The van der Waals surface area contributed by atoms with Crippen LogP contribution in [0.4, 0.5) is 4.39 Å². The van der Waals surface area contributed by atoms with E-state index in [0.29, 0.717) is 0 Å². The largest absolute Gasteiger partial charge is 0.311 e. The van der Waals surface area contributed by atoms with E-state index in [0.717, 1.165) is 24.4 Å². The zero-order valence-electron chi connectivity index (χ0n) is 9.86. The summed E-state index contributed by atoms with van der Waals surface area (Å²) in [6, 6.07) is 8.52. The van der Waals surface area contributed by atoms with Gasteiger partial charge in [-0.15, -0.1) is 12.4 Å². The minimum Gasteiger partial charge on any atom is -0.311 e. The average molecular weight is 256 g/mol. The fourth-order valence-electron chi connectivity index (χ4n) is 3.30. The predicted octanol–water partition coefficient (Wildman–Crippen LogP) is 3.32. The van der Waals surface area contributed by atoms with E-state index >= 15 is 0 Å². The smallest absolute Gasteiger partial charge is 0.123 e. The van der Waals surface area contributed by atoms with Crippen LogP contribution in [0, 0.1) is 11.7 Å². The Kier molecular flexibility index (Phi) is 4.05. The van der Waals surface area contributed by atoms with Gasteiger partial charge in [0.05, 0.1) is 0 Å². The topological polar surface area (TPSA) is 12.0 Å². The lowest BCUT2D eigenvalue weighted by Gasteiger charge is -2.29. The van der Waals surface area contributed by atoms with Gasteiger partial charge < -0.3 is 5.32 Å². The van der Waals surface area contributed by atoms with Crippen molar-refractivity contribution in [3.8, 4) is 0 Å². The van der Waals surface area contributed by atoms with Crippen LogP contribution in [0.15, 0.2) is 24.3 Å². The highest BCUT2D eigenvalue weighted by Crippen LogP contribution is 2.32. The van der Waals surface area contributed by atoms with Crippen LogP contribution in [-0.2, 0) is 6.42 Å². The Morgan fingerprint density at radius 2 is 1.65 bits per heavy atom. The highest BCUT2D eigenvalue weighted by molar-refractivity contribution is 5.85. The van der Waals surface area contributed by atoms with E-state index in [-0.39, 0.29) is 18.2 Å². The molecule has 1 aromatic carbocycles. The van der Waals surface area contributed by atoms with Crippen LogP contribution in [0.2, 0.25) is 0 Å². The van der Waals surface area contributed by atoms with Crippen molar-refractivity contribution >= 4 is 12.4 Å². The monoisotopic (exact) mass is 255 g/mol. The van der Waals surface area contributed by atoms with Crippen molar-refractivity contribution in [2.75, 3.05) is 0 Å². The predicted molar refractivity (Wildman–Crippen MR) is 70.0 cm³/mol. The second-order valence-electron chi connectivity index (χ2n) is 5.31. The number of fused-ring (bicyclic) bond motifs is 2. The third-order valence-electron chi connectivity index (χ3n) is 4.01. The van der Waals surface area contributed by atoms with Crippen molar-refractivity contribution in [1.82, 2.24) is 5.32 Å². The van der Waals surface area contributed by atoms with E-state index in [1.54, 1.807) is 12.1 Å². The number of hydrogen-bond acceptors (Lipinski definition) is 1. The molecule has 3 heteroatoms. The molecule has 0 unspecified atom stereocenters. The molecule has 2 heterocycles. The molecule has 2 fully saturated rings. The van der Waals surface area contributed by atoms with Gasteiger partial charge in [-0.3, -0.25) is 0 Å². The Labute approximate surface area is 108 Å². The summed E-state index contributed by atoms with van der Waals surface area (Å²) in [4.78, 5) is 0. The van der Waals surface area contributed by atoms with E-state index < -0.39 is 0 Å². The zero-order valence-corrected chi connectivity index (χ0v) is 10.7. The lowest BCUT2D eigenvalue weighted by Crippen LogP contribution is -2.38. The van der Waals surface area contributed by atoms with Crippen molar-refractivity contribution in [3.05, 3.63) is 35.6 Å². The van der Waals surface area contributed by atoms with Crippen LogP contribution >= 0.6 is 12.4 Å². The van der Waals surface area contributed by atoms with Gasteiger partial charge in [-0.05, 0) is 55.7 Å². The Hall–Kier alpha value is -0.600. The molecule has 17 heavy (non-hydrogen) atoms. The molecule has 2 aliphatic rings. The Balaban J connectivity index is 0.00000108. The second-order valence-corrected chi connectivity index (χ2v) is 5.31. The molecule has 0 saturated carbocycles. The molecule has 94 valence electrons. The Bertz CT molecular complexity index is 353. The molecule has 0 amide bonds. The molecule has 2 bridgehead atoms. The molecule has 0 radical (unpaired) electrons. The van der Waals surface area contributed by atoms with Crippen molar-refractivity contribution in [3.63, 3.8) is 0 Å². The van der Waals surface area contributed by atoms with Crippen LogP contribution in [0.5, 0.6) is 0 Å². The van der Waals surface area contributed by atoms with Crippen LogP contribution in [-0.4, -0.2) is 12.1 Å². The second kappa shape index (κ2) is 5.36. The lowest BCUT2D eigenvalue weighted by molar-refractivity contribution is 0.298. The third-order valence-corrected chi connectivity index (χ3v) is 4.01. The zero-order chi connectivity index (χ0) is 11.0. The SMILES string of the molecule is Cl.Fc1ccc(C[C@@H]2C[C@H]3CC[C@@H](C2)N3)cc1.